The van der Waals surface area contributed by atoms with Crippen LogP contribution in [-0.4, -0.2) is 40.3 Å². The van der Waals surface area contributed by atoms with Gasteiger partial charge in [0.05, 0.1) is 0 Å². The van der Waals surface area contributed by atoms with Gasteiger partial charge in [-0.05, 0) is 13.8 Å². The monoisotopic (exact) mass is 193 g/mol. The van der Waals surface area contributed by atoms with Crippen molar-refractivity contribution < 1.29 is 18.9 Å². The molecule has 0 spiro atoms. The Bertz CT molecular complexity index is 100. The van der Waals surface area contributed by atoms with Crippen LogP contribution in [0.15, 0.2) is 0 Å². The van der Waals surface area contributed by atoms with Crippen LogP contribution < -0.4 is 5.32 Å². The first-order valence-corrected chi connectivity index (χ1v) is 4.33. The third kappa shape index (κ3) is 5.95. The van der Waals surface area contributed by atoms with E-state index in [0.29, 0.717) is 13.2 Å². The van der Waals surface area contributed by atoms with Crippen molar-refractivity contribution >= 4 is 0 Å². The summed E-state index contributed by atoms with van der Waals surface area (Å²) in [6, 6.07) is 0. The van der Waals surface area contributed by atoms with Gasteiger partial charge in [0, 0.05) is 27.4 Å². The van der Waals surface area contributed by atoms with Gasteiger partial charge >= 0.3 is 0 Å². The average molecular weight is 193 g/mol. The highest BCUT2D eigenvalue weighted by Crippen LogP contribution is 1.94. The van der Waals surface area contributed by atoms with Crippen molar-refractivity contribution in [3.05, 3.63) is 0 Å². The lowest BCUT2D eigenvalue weighted by Crippen LogP contribution is -2.43. The van der Waals surface area contributed by atoms with Crippen LogP contribution in [0.3, 0.4) is 0 Å². The predicted octanol–water partition coefficient (Wildman–Crippen LogP) is 0.509. The molecule has 5 nitrogen and oxygen atoms in total. The van der Waals surface area contributed by atoms with Gasteiger partial charge in [0.1, 0.15) is 0 Å². The molecule has 0 aromatic rings. The molecule has 1 N–H and O–H groups in total. The summed E-state index contributed by atoms with van der Waals surface area (Å²) < 4.78 is 20.3. The van der Waals surface area contributed by atoms with Crippen molar-refractivity contribution in [2.45, 2.75) is 26.7 Å². The highest BCUT2D eigenvalue weighted by Gasteiger charge is 2.13. The molecule has 5 heteroatoms. The molecule has 0 saturated carbocycles. The normalized spacial score (nSPS) is 15.7. The molecule has 0 bridgehead atoms. The molecule has 0 amide bonds. The average Bonchev–Trinajstić information content (AvgIpc) is 2.16. The van der Waals surface area contributed by atoms with Crippen LogP contribution in [0.5, 0.6) is 0 Å². The van der Waals surface area contributed by atoms with Crippen LogP contribution in [0, 0.1) is 0 Å². The Kier molecular flexibility index (Phi) is 8.27. The number of methoxy groups -OCH3 is 2. The zero-order valence-electron chi connectivity index (χ0n) is 8.70. The second-order valence-corrected chi connectivity index (χ2v) is 2.21. The van der Waals surface area contributed by atoms with Gasteiger partial charge in [0.2, 0.25) is 12.8 Å². The van der Waals surface area contributed by atoms with E-state index < -0.39 is 12.8 Å². The Labute approximate surface area is 79.3 Å². The first kappa shape index (κ1) is 12.8. The SMILES string of the molecule is CCOC(NC(OC)OCC)OC. The lowest BCUT2D eigenvalue weighted by atomic mass is 10.8. The van der Waals surface area contributed by atoms with Crippen LogP contribution in [0.2, 0.25) is 0 Å². The topological polar surface area (TPSA) is 49.0 Å². The van der Waals surface area contributed by atoms with E-state index >= 15 is 0 Å². The van der Waals surface area contributed by atoms with Gasteiger partial charge in [-0.2, -0.15) is 0 Å². The maximum absolute atomic E-state index is 5.18. The number of hydrogen-bond acceptors (Lipinski definition) is 5. The second-order valence-electron chi connectivity index (χ2n) is 2.21. The van der Waals surface area contributed by atoms with E-state index in [2.05, 4.69) is 5.32 Å². The summed E-state index contributed by atoms with van der Waals surface area (Å²) in [5.74, 6) is 0. The number of rotatable bonds is 8. The maximum Gasteiger partial charge on any atom is 0.219 e. The van der Waals surface area contributed by atoms with Crippen molar-refractivity contribution in [3.63, 3.8) is 0 Å². The van der Waals surface area contributed by atoms with E-state index in [-0.39, 0.29) is 0 Å². The Hall–Kier alpha value is -0.200. The Morgan fingerprint density at radius 2 is 1.31 bits per heavy atom. The third-order valence-corrected chi connectivity index (χ3v) is 1.34. The van der Waals surface area contributed by atoms with Crippen LogP contribution in [0.1, 0.15) is 13.8 Å². The van der Waals surface area contributed by atoms with E-state index in [4.69, 9.17) is 18.9 Å². The minimum Gasteiger partial charge on any atom is -0.343 e. The molecule has 13 heavy (non-hydrogen) atoms. The van der Waals surface area contributed by atoms with Crippen molar-refractivity contribution in [1.82, 2.24) is 5.32 Å². The summed E-state index contributed by atoms with van der Waals surface area (Å²) in [5.41, 5.74) is 0. The van der Waals surface area contributed by atoms with E-state index in [9.17, 15) is 0 Å². The molecule has 0 aromatic carbocycles. The molecule has 0 aliphatic rings. The van der Waals surface area contributed by atoms with Crippen LogP contribution in [-0.2, 0) is 18.9 Å². The highest BCUT2D eigenvalue weighted by atomic mass is 16.7. The van der Waals surface area contributed by atoms with E-state index in [1.54, 1.807) is 14.2 Å². The van der Waals surface area contributed by atoms with Gasteiger partial charge in [0.25, 0.3) is 0 Å². The Morgan fingerprint density at radius 3 is 1.54 bits per heavy atom. The van der Waals surface area contributed by atoms with Gasteiger partial charge in [-0.25, -0.2) is 5.32 Å². The van der Waals surface area contributed by atoms with Crippen LogP contribution in [0.4, 0.5) is 0 Å². The molecular weight excluding hydrogens is 174 g/mol. The van der Waals surface area contributed by atoms with Crippen molar-refractivity contribution in [2.75, 3.05) is 27.4 Å². The summed E-state index contributed by atoms with van der Waals surface area (Å²) in [6.07, 6.45) is -0.997. The molecular formula is C8H19NO4. The van der Waals surface area contributed by atoms with Gasteiger partial charge in [-0.1, -0.05) is 0 Å². The lowest BCUT2D eigenvalue weighted by Gasteiger charge is -2.22. The van der Waals surface area contributed by atoms with Gasteiger partial charge < -0.3 is 18.9 Å². The molecule has 0 heterocycles. The summed E-state index contributed by atoms with van der Waals surface area (Å²) in [6.45, 7) is 4.90. The zero-order valence-corrected chi connectivity index (χ0v) is 8.70. The molecule has 0 radical (unpaired) electrons. The smallest absolute Gasteiger partial charge is 0.219 e. The standard InChI is InChI=1S/C8H19NO4/c1-5-12-7(10-3)9-8(11-4)13-6-2/h7-9H,5-6H2,1-4H3. The third-order valence-electron chi connectivity index (χ3n) is 1.34. The summed E-state index contributed by atoms with van der Waals surface area (Å²) in [4.78, 5) is 0. The van der Waals surface area contributed by atoms with Gasteiger partial charge in [-0.15, -0.1) is 0 Å². The molecule has 0 fully saturated rings. The summed E-state index contributed by atoms with van der Waals surface area (Å²) >= 11 is 0. The molecule has 2 unspecified atom stereocenters. The first-order chi connectivity index (χ1) is 6.28. The molecule has 80 valence electrons. The fourth-order valence-corrected chi connectivity index (χ4v) is 0.782. The zero-order chi connectivity index (χ0) is 10.1. The molecule has 0 rings (SSSR count). The Balaban J connectivity index is 3.73. The quantitative estimate of drug-likeness (QED) is 0.569. The van der Waals surface area contributed by atoms with Crippen LogP contribution >= 0.6 is 0 Å². The first-order valence-electron chi connectivity index (χ1n) is 4.33. The fourth-order valence-electron chi connectivity index (χ4n) is 0.782. The maximum atomic E-state index is 5.18. The number of nitrogens with one attached hydrogen (secondary N) is 1. The number of ether oxygens (including phenoxy) is 4. The lowest BCUT2D eigenvalue weighted by molar-refractivity contribution is -0.219. The van der Waals surface area contributed by atoms with Crippen molar-refractivity contribution in [2.24, 2.45) is 0 Å². The van der Waals surface area contributed by atoms with E-state index in [0.717, 1.165) is 0 Å². The molecule has 0 saturated heterocycles. The minimum atomic E-state index is -0.499. The van der Waals surface area contributed by atoms with E-state index in [1.165, 1.54) is 0 Å². The van der Waals surface area contributed by atoms with Gasteiger partial charge in [0.15, 0.2) is 0 Å². The predicted molar refractivity (Wildman–Crippen MR) is 48.0 cm³/mol. The molecule has 2 atom stereocenters. The molecule has 0 aromatic heterocycles. The van der Waals surface area contributed by atoms with Crippen LogP contribution in [0.25, 0.3) is 0 Å². The largest absolute Gasteiger partial charge is 0.343 e. The van der Waals surface area contributed by atoms with Crippen molar-refractivity contribution in [1.29, 1.82) is 0 Å². The number of hydrogen-bond donors (Lipinski definition) is 1. The fraction of sp³-hybridized carbons (Fsp3) is 1.00. The van der Waals surface area contributed by atoms with Crippen molar-refractivity contribution in [3.8, 4) is 0 Å². The Morgan fingerprint density at radius 1 is 0.923 bits per heavy atom. The highest BCUT2D eigenvalue weighted by molar-refractivity contribution is 4.41. The second kappa shape index (κ2) is 8.40. The summed E-state index contributed by atoms with van der Waals surface area (Å²) in [5, 5.41) is 2.87. The minimum absolute atomic E-state index is 0.499. The summed E-state index contributed by atoms with van der Waals surface area (Å²) in [7, 11) is 3.10. The molecule has 0 aliphatic heterocycles. The van der Waals surface area contributed by atoms with E-state index in [1.807, 2.05) is 13.8 Å². The molecule has 0 aliphatic carbocycles. The van der Waals surface area contributed by atoms with Gasteiger partial charge in [-0.3, -0.25) is 0 Å².